The van der Waals surface area contributed by atoms with Gasteiger partial charge in [-0.1, -0.05) is 39.8 Å². The SMILES string of the molecule is CC(C)[C@H](CC=CC[C@H](C=O)C(C)C)C(=O)Cl. The lowest BCUT2D eigenvalue weighted by molar-refractivity contribution is -0.116. The van der Waals surface area contributed by atoms with Crippen LogP contribution in [0.2, 0.25) is 0 Å². The number of aldehydes is 1. The first kappa shape index (κ1) is 16.4. The molecule has 0 radical (unpaired) electrons. The van der Waals surface area contributed by atoms with Gasteiger partial charge in [0, 0.05) is 11.8 Å². The van der Waals surface area contributed by atoms with E-state index in [1.807, 2.05) is 39.8 Å². The molecule has 0 saturated carbocycles. The maximum atomic E-state index is 11.2. The second kappa shape index (κ2) is 8.46. The first-order chi connectivity index (χ1) is 7.90. The highest BCUT2D eigenvalue weighted by Crippen LogP contribution is 2.20. The van der Waals surface area contributed by atoms with Crippen LogP contribution in [0.3, 0.4) is 0 Å². The van der Waals surface area contributed by atoms with Gasteiger partial charge in [-0.2, -0.15) is 0 Å². The van der Waals surface area contributed by atoms with Gasteiger partial charge >= 0.3 is 0 Å². The summed E-state index contributed by atoms with van der Waals surface area (Å²) in [7, 11) is 0. The molecule has 0 aromatic heterocycles. The van der Waals surface area contributed by atoms with Crippen molar-refractivity contribution in [1.29, 1.82) is 0 Å². The van der Waals surface area contributed by atoms with Gasteiger partial charge in [0.2, 0.25) is 5.24 Å². The first-order valence-electron chi connectivity index (χ1n) is 6.19. The number of rotatable bonds is 8. The molecule has 0 N–H and O–H groups in total. The standard InChI is InChI=1S/C14H23ClO2/c1-10(2)12(9-16)7-5-6-8-13(11(3)4)14(15)17/h5-6,9-13H,7-8H2,1-4H3/t12-,13+/m1/s1. The fourth-order valence-electron chi connectivity index (χ4n) is 1.61. The van der Waals surface area contributed by atoms with Gasteiger partial charge in [0.25, 0.3) is 0 Å². The summed E-state index contributed by atoms with van der Waals surface area (Å²) in [6.45, 7) is 8.04. The van der Waals surface area contributed by atoms with Crippen LogP contribution in [0.25, 0.3) is 0 Å². The van der Waals surface area contributed by atoms with E-state index >= 15 is 0 Å². The molecule has 0 unspecified atom stereocenters. The third-order valence-electron chi connectivity index (χ3n) is 3.09. The fourth-order valence-corrected chi connectivity index (χ4v) is 1.95. The van der Waals surface area contributed by atoms with E-state index in [4.69, 9.17) is 11.6 Å². The number of carbonyl (C=O) groups is 2. The fraction of sp³-hybridized carbons (Fsp3) is 0.714. The summed E-state index contributed by atoms with van der Waals surface area (Å²) in [5, 5.41) is -0.277. The molecule has 2 nitrogen and oxygen atoms in total. The molecular weight excluding hydrogens is 236 g/mol. The van der Waals surface area contributed by atoms with Gasteiger partial charge < -0.3 is 4.79 Å². The molecule has 0 aliphatic heterocycles. The molecule has 0 aliphatic rings. The van der Waals surface area contributed by atoms with Gasteiger partial charge in [-0.3, -0.25) is 4.79 Å². The highest BCUT2D eigenvalue weighted by Gasteiger charge is 2.18. The number of halogens is 1. The minimum atomic E-state index is -0.277. The van der Waals surface area contributed by atoms with Crippen LogP contribution in [0, 0.1) is 23.7 Å². The summed E-state index contributed by atoms with van der Waals surface area (Å²) >= 11 is 5.53. The number of hydrogen-bond donors (Lipinski definition) is 0. The molecule has 3 heteroatoms. The van der Waals surface area contributed by atoms with Gasteiger partial charge in [0.05, 0.1) is 0 Å². The Morgan fingerprint density at radius 2 is 1.59 bits per heavy atom. The van der Waals surface area contributed by atoms with Gasteiger partial charge in [0.1, 0.15) is 6.29 Å². The number of hydrogen-bond acceptors (Lipinski definition) is 2. The average molecular weight is 259 g/mol. The highest BCUT2D eigenvalue weighted by atomic mass is 35.5. The van der Waals surface area contributed by atoms with E-state index in [2.05, 4.69) is 0 Å². The number of carbonyl (C=O) groups excluding carboxylic acids is 2. The van der Waals surface area contributed by atoms with Gasteiger partial charge in [-0.25, -0.2) is 0 Å². The van der Waals surface area contributed by atoms with E-state index in [0.717, 1.165) is 12.7 Å². The summed E-state index contributed by atoms with van der Waals surface area (Å²) < 4.78 is 0. The second-order valence-electron chi connectivity index (χ2n) is 5.14. The van der Waals surface area contributed by atoms with Crippen molar-refractivity contribution in [2.75, 3.05) is 0 Å². The zero-order valence-electron chi connectivity index (χ0n) is 11.2. The van der Waals surface area contributed by atoms with Crippen molar-refractivity contribution in [2.24, 2.45) is 23.7 Å². The average Bonchev–Trinajstić information content (AvgIpc) is 2.21. The minimum absolute atomic E-state index is 0.0652. The van der Waals surface area contributed by atoms with Crippen LogP contribution in [0.4, 0.5) is 0 Å². The molecular formula is C14H23ClO2. The van der Waals surface area contributed by atoms with Crippen molar-refractivity contribution in [1.82, 2.24) is 0 Å². The molecule has 0 bridgehead atoms. The lowest BCUT2D eigenvalue weighted by atomic mass is 9.91. The molecule has 0 aromatic carbocycles. The maximum absolute atomic E-state index is 11.2. The van der Waals surface area contributed by atoms with Crippen LogP contribution in [0.15, 0.2) is 12.2 Å². The van der Waals surface area contributed by atoms with E-state index < -0.39 is 0 Å². The van der Waals surface area contributed by atoms with Crippen molar-refractivity contribution < 1.29 is 9.59 Å². The molecule has 0 heterocycles. The molecule has 0 saturated heterocycles. The third kappa shape index (κ3) is 6.62. The molecule has 0 aromatic rings. The largest absolute Gasteiger partial charge is 0.303 e. The van der Waals surface area contributed by atoms with Crippen LogP contribution in [0.5, 0.6) is 0 Å². The Morgan fingerprint density at radius 1 is 1.06 bits per heavy atom. The van der Waals surface area contributed by atoms with Crippen molar-refractivity contribution in [3.8, 4) is 0 Å². The van der Waals surface area contributed by atoms with Crippen LogP contribution in [0.1, 0.15) is 40.5 Å². The quantitative estimate of drug-likeness (QED) is 0.377. The summed E-state index contributed by atoms with van der Waals surface area (Å²) in [6.07, 6.45) is 6.34. The van der Waals surface area contributed by atoms with E-state index in [1.165, 1.54) is 0 Å². The normalized spacial score (nSPS) is 15.5. The topological polar surface area (TPSA) is 34.1 Å². The highest BCUT2D eigenvalue weighted by molar-refractivity contribution is 6.64. The third-order valence-corrected chi connectivity index (χ3v) is 3.37. The molecule has 2 atom stereocenters. The smallest absolute Gasteiger partial charge is 0.225 e. The van der Waals surface area contributed by atoms with Gasteiger partial charge in [0.15, 0.2) is 0 Å². The molecule has 98 valence electrons. The summed E-state index contributed by atoms with van der Waals surface area (Å²) in [5.74, 6) is 0.543. The van der Waals surface area contributed by atoms with Crippen LogP contribution in [-0.4, -0.2) is 11.5 Å². The van der Waals surface area contributed by atoms with E-state index in [1.54, 1.807) is 0 Å². The van der Waals surface area contributed by atoms with E-state index in [-0.39, 0.29) is 23.0 Å². The Kier molecular flexibility index (Phi) is 8.15. The molecule has 0 amide bonds. The van der Waals surface area contributed by atoms with Crippen molar-refractivity contribution >= 4 is 23.1 Å². The van der Waals surface area contributed by atoms with Gasteiger partial charge in [-0.05, 0) is 36.3 Å². The Hall–Kier alpha value is -0.630. The second-order valence-corrected chi connectivity index (χ2v) is 5.51. The van der Waals surface area contributed by atoms with E-state index in [9.17, 15) is 9.59 Å². The summed E-state index contributed by atoms with van der Waals surface area (Å²) in [4.78, 5) is 21.9. The predicted molar refractivity (Wildman–Crippen MR) is 72.0 cm³/mol. The Morgan fingerprint density at radius 3 is 1.94 bits per heavy atom. The maximum Gasteiger partial charge on any atom is 0.225 e. The molecule has 17 heavy (non-hydrogen) atoms. The van der Waals surface area contributed by atoms with Gasteiger partial charge in [-0.15, -0.1) is 0 Å². The first-order valence-corrected chi connectivity index (χ1v) is 6.57. The van der Waals surface area contributed by atoms with Crippen molar-refractivity contribution in [3.05, 3.63) is 12.2 Å². The summed E-state index contributed by atoms with van der Waals surface area (Å²) in [6, 6.07) is 0. The molecule has 0 spiro atoms. The summed E-state index contributed by atoms with van der Waals surface area (Å²) in [5.41, 5.74) is 0. The number of allylic oxidation sites excluding steroid dienone is 2. The minimum Gasteiger partial charge on any atom is -0.303 e. The van der Waals surface area contributed by atoms with Crippen molar-refractivity contribution in [3.63, 3.8) is 0 Å². The molecule has 0 aliphatic carbocycles. The lowest BCUT2D eigenvalue weighted by Gasteiger charge is -2.14. The Balaban J connectivity index is 4.17. The van der Waals surface area contributed by atoms with Crippen LogP contribution >= 0.6 is 11.6 Å². The lowest BCUT2D eigenvalue weighted by Crippen LogP contribution is -2.14. The molecule has 0 rings (SSSR count). The Labute approximate surface area is 109 Å². The molecule has 0 fully saturated rings. The monoisotopic (exact) mass is 258 g/mol. The predicted octanol–water partition coefficient (Wildman–Crippen LogP) is 3.83. The zero-order valence-corrected chi connectivity index (χ0v) is 11.9. The van der Waals surface area contributed by atoms with E-state index in [0.29, 0.717) is 12.3 Å². The zero-order chi connectivity index (χ0) is 13.4. The van der Waals surface area contributed by atoms with Crippen LogP contribution < -0.4 is 0 Å². The Bertz CT molecular complexity index is 269. The van der Waals surface area contributed by atoms with Crippen LogP contribution in [-0.2, 0) is 9.59 Å². The van der Waals surface area contributed by atoms with Crippen molar-refractivity contribution in [2.45, 2.75) is 40.5 Å².